The largest absolute Gasteiger partial charge is 0.497 e. The molecule has 1 unspecified atom stereocenters. The molecule has 0 aliphatic rings. The number of nitrogens with two attached hydrogens (primary N) is 1. The van der Waals surface area contributed by atoms with Crippen molar-refractivity contribution >= 4 is 11.8 Å². The summed E-state index contributed by atoms with van der Waals surface area (Å²) in [7, 11) is 1.72. The van der Waals surface area contributed by atoms with Crippen molar-refractivity contribution in [2.45, 2.75) is 37.4 Å². The van der Waals surface area contributed by atoms with E-state index in [0.717, 1.165) is 24.5 Å². The van der Waals surface area contributed by atoms with Crippen LogP contribution >= 0.6 is 11.8 Å². The van der Waals surface area contributed by atoms with Crippen molar-refractivity contribution in [1.29, 1.82) is 0 Å². The van der Waals surface area contributed by atoms with E-state index in [0.29, 0.717) is 0 Å². The van der Waals surface area contributed by atoms with E-state index in [9.17, 15) is 0 Å². The zero-order chi connectivity index (χ0) is 21.2. The van der Waals surface area contributed by atoms with Crippen LogP contribution < -0.4 is 10.5 Å². The third kappa shape index (κ3) is 5.27. The van der Waals surface area contributed by atoms with Crippen LogP contribution in [0.3, 0.4) is 0 Å². The van der Waals surface area contributed by atoms with E-state index in [1.54, 1.807) is 7.11 Å². The Morgan fingerprint density at radius 2 is 1.30 bits per heavy atom. The molecule has 0 aliphatic carbocycles. The fourth-order valence-corrected chi connectivity index (χ4v) is 5.42. The number of hydrogen-bond donors (Lipinski definition) is 1. The molecule has 1 atom stereocenters. The van der Waals surface area contributed by atoms with Crippen LogP contribution in [0.1, 0.15) is 47.9 Å². The van der Waals surface area contributed by atoms with E-state index < -0.39 is 0 Å². The monoisotopic (exact) mass is 419 g/mol. The fourth-order valence-electron chi connectivity index (χ4n) is 3.86. The molecule has 3 aromatic rings. The van der Waals surface area contributed by atoms with Gasteiger partial charge in [-0.2, -0.15) is 0 Å². The van der Waals surface area contributed by atoms with Gasteiger partial charge in [-0.1, -0.05) is 85.1 Å². The second-order valence-corrected chi connectivity index (χ2v) is 9.00. The van der Waals surface area contributed by atoms with Gasteiger partial charge in [0.05, 0.1) is 11.9 Å². The lowest BCUT2D eigenvalue weighted by Crippen LogP contribution is -2.26. The van der Waals surface area contributed by atoms with E-state index in [4.69, 9.17) is 10.5 Å². The van der Waals surface area contributed by atoms with Crippen LogP contribution in [0.5, 0.6) is 5.75 Å². The molecule has 0 bridgehead atoms. The van der Waals surface area contributed by atoms with Crippen molar-refractivity contribution in [3.63, 3.8) is 0 Å². The number of hydrogen-bond acceptors (Lipinski definition) is 3. The van der Waals surface area contributed by atoms with Crippen molar-refractivity contribution in [3.05, 3.63) is 101 Å². The predicted molar refractivity (Wildman–Crippen MR) is 130 cm³/mol. The van der Waals surface area contributed by atoms with Gasteiger partial charge in [0.25, 0.3) is 0 Å². The molecule has 0 heterocycles. The summed E-state index contributed by atoms with van der Waals surface area (Å²) in [6, 6.07) is 28.5. The third-order valence-corrected chi connectivity index (χ3v) is 7.18. The van der Waals surface area contributed by atoms with Gasteiger partial charge in [0.2, 0.25) is 0 Å². The number of benzene rings is 3. The highest BCUT2D eigenvalue weighted by Crippen LogP contribution is 2.49. The average molecular weight is 420 g/mol. The third-order valence-electron chi connectivity index (χ3n) is 5.55. The Balaban J connectivity index is 2.04. The van der Waals surface area contributed by atoms with Crippen LogP contribution in [-0.2, 0) is 4.75 Å². The second-order valence-electron chi connectivity index (χ2n) is 7.69. The standard InChI is InChI=1S/C27H33NOS/c1-22-12-14-24(15-13-22)27(23-10-6-5-7-11-23,30-21-9-4-3-8-20-28)25-16-18-26(29-2)19-17-25/h5-7,10-19H,3-4,8-9,20-21,28H2,1-2H3. The molecule has 0 saturated heterocycles. The first kappa shape index (κ1) is 22.5. The van der Waals surface area contributed by atoms with Gasteiger partial charge in [-0.15, -0.1) is 11.8 Å². The maximum Gasteiger partial charge on any atom is 0.118 e. The molecule has 0 amide bonds. The van der Waals surface area contributed by atoms with Gasteiger partial charge in [-0.3, -0.25) is 0 Å². The van der Waals surface area contributed by atoms with E-state index in [-0.39, 0.29) is 4.75 Å². The molecule has 0 aromatic heterocycles. The van der Waals surface area contributed by atoms with Gasteiger partial charge in [-0.25, -0.2) is 0 Å². The smallest absolute Gasteiger partial charge is 0.118 e. The summed E-state index contributed by atoms with van der Waals surface area (Å²) in [5.41, 5.74) is 10.9. The molecular weight excluding hydrogens is 386 g/mol. The van der Waals surface area contributed by atoms with Crippen molar-refractivity contribution in [2.24, 2.45) is 5.73 Å². The van der Waals surface area contributed by atoms with Gasteiger partial charge < -0.3 is 10.5 Å². The summed E-state index contributed by atoms with van der Waals surface area (Å²) in [4.78, 5) is 0. The van der Waals surface area contributed by atoms with E-state index in [2.05, 4.69) is 85.8 Å². The Hall–Kier alpha value is -2.23. The summed E-state index contributed by atoms with van der Waals surface area (Å²) < 4.78 is 5.17. The van der Waals surface area contributed by atoms with Crippen molar-refractivity contribution in [1.82, 2.24) is 0 Å². The summed E-state index contributed by atoms with van der Waals surface area (Å²) in [5.74, 6) is 1.98. The topological polar surface area (TPSA) is 35.2 Å². The first-order valence-electron chi connectivity index (χ1n) is 10.8. The molecule has 3 aromatic carbocycles. The molecule has 30 heavy (non-hydrogen) atoms. The molecule has 0 saturated carbocycles. The minimum atomic E-state index is -0.255. The van der Waals surface area contributed by atoms with Crippen molar-refractivity contribution in [3.8, 4) is 5.75 Å². The number of rotatable bonds is 11. The van der Waals surface area contributed by atoms with Gasteiger partial charge >= 0.3 is 0 Å². The number of aryl methyl sites for hydroxylation is 1. The fraction of sp³-hybridized carbons (Fsp3) is 0.333. The number of methoxy groups -OCH3 is 1. The minimum Gasteiger partial charge on any atom is -0.497 e. The quantitative estimate of drug-likeness (QED) is 0.283. The van der Waals surface area contributed by atoms with E-state index in [1.807, 2.05) is 11.8 Å². The van der Waals surface area contributed by atoms with Crippen molar-refractivity contribution < 1.29 is 4.74 Å². The Labute approximate surface area is 185 Å². The molecule has 0 aliphatic heterocycles. The molecule has 2 N–H and O–H groups in total. The second kappa shape index (κ2) is 11.2. The maximum absolute atomic E-state index is 5.66. The lowest BCUT2D eigenvalue weighted by atomic mass is 9.83. The van der Waals surface area contributed by atoms with Crippen LogP contribution in [-0.4, -0.2) is 19.4 Å². The highest BCUT2D eigenvalue weighted by atomic mass is 32.2. The first-order valence-corrected chi connectivity index (χ1v) is 11.8. The number of thioether (sulfide) groups is 1. The molecule has 158 valence electrons. The van der Waals surface area contributed by atoms with Crippen molar-refractivity contribution in [2.75, 3.05) is 19.4 Å². The molecule has 0 spiro atoms. The normalized spacial score (nSPS) is 13.0. The van der Waals surface area contributed by atoms with Crippen LogP contribution in [0.2, 0.25) is 0 Å². The molecule has 3 heteroatoms. The maximum atomic E-state index is 5.66. The highest BCUT2D eigenvalue weighted by molar-refractivity contribution is 8.00. The molecule has 2 nitrogen and oxygen atoms in total. The molecule has 0 radical (unpaired) electrons. The lowest BCUT2D eigenvalue weighted by Gasteiger charge is -2.36. The zero-order valence-electron chi connectivity index (χ0n) is 18.1. The Morgan fingerprint density at radius 3 is 1.90 bits per heavy atom. The van der Waals surface area contributed by atoms with Crippen LogP contribution in [0, 0.1) is 6.92 Å². The van der Waals surface area contributed by atoms with Gasteiger partial charge in [0.1, 0.15) is 5.75 Å². The highest BCUT2D eigenvalue weighted by Gasteiger charge is 2.36. The number of ether oxygens (including phenoxy) is 1. The average Bonchev–Trinajstić information content (AvgIpc) is 2.80. The Morgan fingerprint density at radius 1 is 0.733 bits per heavy atom. The van der Waals surface area contributed by atoms with Crippen LogP contribution in [0.25, 0.3) is 0 Å². The Bertz CT molecular complexity index is 877. The van der Waals surface area contributed by atoms with E-state index in [1.165, 1.54) is 41.5 Å². The summed E-state index contributed by atoms with van der Waals surface area (Å²) in [5, 5.41) is 0. The SMILES string of the molecule is COc1ccc(C(SCCCCCCN)(c2ccccc2)c2ccc(C)cc2)cc1. The lowest BCUT2D eigenvalue weighted by molar-refractivity contribution is 0.414. The molecular formula is C27H33NOS. The molecule has 3 rings (SSSR count). The van der Waals surface area contributed by atoms with Gasteiger partial charge in [0, 0.05) is 0 Å². The minimum absolute atomic E-state index is 0.255. The van der Waals surface area contributed by atoms with Crippen LogP contribution in [0.4, 0.5) is 0 Å². The Kier molecular flexibility index (Phi) is 8.41. The van der Waals surface area contributed by atoms with Crippen LogP contribution in [0.15, 0.2) is 78.9 Å². The predicted octanol–water partition coefficient (Wildman–Crippen LogP) is 6.55. The molecule has 0 fully saturated rings. The number of unbranched alkanes of at least 4 members (excludes halogenated alkanes) is 3. The summed E-state index contributed by atoms with van der Waals surface area (Å²) >= 11 is 2.03. The van der Waals surface area contributed by atoms with E-state index >= 15 is 0 Å². The van der Waals surface area contributed by atoms with Gasteiger partial charge in [-0.05, 0) is 60.9 Å². The summed E-state index contributed by atoms with van der Waals surface area (Å²) in [6.45, 7) is 2.93. The summed E-state index contributed by atoms with van der Waals surface area (Å²) in [6.07, 6.45) is 4.75. The first-order chi connectivity index (χ1) is 14.7. The zero-order valence-corrected chi connectivity index (χ0v) is 19.0. The van der Waals surface area contributed by atoms with Gasteiger partial charge in [0.15, 0.2) is 0 Å².